The van der Waals surface area contributed by atoms with Crippen molar-refractivity contribution in [1.29, 1.82) is 0 Å². The Bertz CT molecular complexity index is 1540. The number of esters is 1. The molecule has 3 aromatic rings. The van der Waals surface area contributed by atoms with E-state index < -0.39 is 22.9 Å². The normalized spacial score (nSPS) is 13.5. The van der Waals surface area contributed by atoms with Gasteiger partial charge >= 0.3 is 12.1 Å². The van der Waals surface area contributed by atoms with Gasteiger partial charge in [0.25, 0.3) is 5.91 Å². The Morgan fingerprint density at radius 1 is 1.05 bits per heavy atom. The molecule has 0 saturated heterocycles. The number of amides is 3. The predicted molar refractivity (Wildman–Crippen MR) is 175 cm³/mol. The van der Waals surface area contributed by atoms with Crippen LogP contribution >= 0.6 is 23.1 Å². The average molecular weight is 638 g/mol. The van der Waals surface area contributed by atoms with Crippen LogP contribution in [0.25, 0.3) is 0 Å². The van der Waals surface area contributed by atoms with Crippen LogP contribution in [0.5, 0.6) is 0 Å². The Morgan fingerprint density at radius 2 is 1.80 bits per heavy atom. The lowest BCUT2D eigenvalue weighted by Gasteiger charge is -2.30. The second kappa shape index (κ2) is 14.3. The predicted octanol–water partition coefficient (Wildman–Crippen LogP) is 7.29. The topological polar surface area (TPSA) is 114 Å². The molecule has 1 unspecified atom stereocenters. The first kappa shape index (κ1) is 33.1. The molecular weight excluding hydrogens is 599 g/mol. The van der Waals surface area contributed by atoms with E-state index in [1.165, 1.54) is 23.1 Å². The number of fused-ring (bicyclic) bond motifs is 1. The monoisotopic (exact) mass is 637 g/mol. The van der Waals surface area contributed by atoms with Gasteiger partial charge in [0.05, 0.1) is 24.0 Å². The van der Waals surface area contributed by atoms with Crippen LogP contribution in [0.3, 0.4) is 0 Å². The molecule has 2 N–H and O–H groups in total. The fourth-order valence-electron chi connectivity index (χ4n) is 4.71. The molecular formula is C33H39N3O6S2. The Labute approximate surface area is 266 Å². The molecule has 3 amide bonds. The number of nitrogens with one attached hydrogen (secondary N) is 2. The van der Waals surface area contributed by atoms with Crippen molar-refractivity contribution < 1.29 is 28.7 Å². The molecule has 0 spiro atoms. The number of carbonyl (C=O) groups excluding carboxylic acids is 4. The maximum absolute atomic E-state index is 13.6. The van der Waals surface area contributed by atoms with E-state index in [1.54, 1.807) is 24.0 Å². The van der Waals surface area contributed by atoms with Crippen LogP contribution in [0.4, 0.5) is 15.5 Å². The first-order valence-electron chi connectivity index (χ1n) is 14.6. The van der Waals surface area contributed by atoms with Crippen LogP contribution in [0.2, 0.25) is 0 Å². The number of ether oxygens (including phenoxy) is 2. The number of hydrogen-bond donors (Lipinski definition) is 2. The molecule has 2 heterocycles. The molecule has 44 heavy (non-hydrogen) atoms. The lowest BCUT2D eigenvalue weighted by Crippen LogP contribution is -2.39. The number of nitrogens with zero attached hydrogens (tertiary/aromatic N) is 1. The molecule has 0 saturated carbocycles. The maximum atomic E-state index is 13.6. The highest BCUT2D eigenvalue weighted by Crippen LogP contribution is 2.39. The number of rotatable bonds is 9. The van der Waals surface area contributed by atoms with Crippen molar-refractivity contribution in [3.63, 3.8) is 0 Å². The van der Waals surface area contributed by atoms with Crippen molar-refractivity contribution in [1.82, 2.24) is 4.90 Å². The van der Waals surface area contributed by atoms with Crippen LogP contribution in [-0.4, -0.2) is 52.8 Å². The highest BCUT2D eigenvalue weighted by atomic mass is 32.2. The zero-order chi connectivity index (χ0) is 32.0. The summed E-state index contributed by atoms with van der Waals surface area (Å²) in [5, 5.41) is 5.87. The summed E-state index contributed by atoms with van der Waals surface area (Å²) in [5.74, 6) is -0.956. The molecule has 9 nitrogen and oxygen atoms in total. The lowest BCUT2D eigenvalue weighted by molar-refractivity contribution is -0.115. The van der Waals surface area contributed by atoms with E-state index in [9.17, 15) is 19.2 Å². The molecule has 0 bridgehead atoms. The molecule has 4 rings (SSSR count). The summed E-state index contributed by atoms with van der Waals surface area (Å²) in [6.07, 6.45) is 0.560. The number of benzene rings is 2. The van der Waals surface area contributed by atoms with Gasteiger partial charge in [-0.1, -0.05) is 30.7 Å². The number of carbonyl (C=O) groups is 4. The standard InChI is InChI=1S/C33H39N3O6S2/c1-7-25(43-23-14-10-13-22(18-23)34-28(37)21-12-9-11-20(3)17-21)29(38)35-30-27(31(39)41-8-2)24-15-16-36(19-26(24)44-30)32(40)42-33(4,5)6/h9-14,17-18,25H,7-8,15-16,19H2,1-6H3,(H,34,37)(H,35,38). The first-order valence-corrected chi connectivity index (χ1v) is 16.3. The third kappa shape index (κ3) is 8.41. The zero-order valence-electron chi connectivity index (χ0n) is 25.9. The SMILES string of the molecule is CCOC(=O)c1c(NC(=O)C(CC)Sc2cccc(NC(=O)c3cccc(C)c3)c2)sc2c1CCN(C(=O)OC(C)(C)C)C2. The summed E-state index contributed by atoms with van der Waals surface area (Å²) < 4.78 is 10.9. The Kier molecular flexibility index (Phi) is 10.7. The largest absolute Gasteiger partial charge is 0.462 e. The minimum Gasteiger partial charge on any atom is -0.462 e. The quantitative estimate of drug-likeness (QED) is 0.187. The second-order valence-corrected chi connectivity index (χ2v) is 13.8. The van der Waals surface area contributed by atoms with Crippen LogP contribution in [0, 0.1) is 6.92 Å². The fourth-order valence-corrected chi connectivity index (χ4v) is 6.98. The van der Waals surface area contributed by atoms with Crippen LogP contribution in [-0.2, 0) is 27.2 Å². The van der Waals surface area contributed by atoms with Gasteiger partial charge in [-0.15, -0.1) is 23.1 Å². The molecule has 2 aromatic carbocycles. The van der Waals surface area contributed by atoms with Gasteiger partial charge in [0.1, 0.15) is 10.6 Å². The summed E-state index contributed by atoms with van der Waals surface area (Å²) >= 11 is 2.67. The Balaban J connectivity index is 1.50. The number of anilines is 2. The molecule has 11 heteroatoms. The molecule has 0 aliphatic carbocycles. The smallest absolute Gasteiger partial charge is 0.410 e. The van der Waals surface area contributed by atoms with Crippen molar-refractivity contribution in [3.8, 4) is 0 Å². The van der Waals surface area contributed by atoms with Gasteiger partial charge in [0.2, 0.25) is 5.91 Å². The molecule has 0 fully saturated rings. The zero-order valence-corrected chi connectivity index (χ0v) is 27.6. The van der Waals surface area contributed by atoms with Crippen molar-refractivity contribution in [2.75, 3.05) is 23.8 Å². The van der Waals surface area contributed by atoms with E-state index in [-0.39, 0.29) is 25.0 Å². The lowest BCUT2D eigenvalue weighted by atomic mass is 10.0. The molecule has 234 valence electrons. The summed E-state index contributed by atoms with van der Waals surface area (Å²) in [6, 6.07) is 14.7. The molecule has 1 aliphatic rings. The van der Waals surface area contributed by atoms with Crippen molar-refractivity contribution >= 4 is 57.7 Å². The molecule has 1 aliphatic heterocycles. The van der Waals surface area contributed by atoms with E-state index in [2.05, 4.69) is 10.6 Å². The number of aryl methyl sites for hydroxylation is 1. The van der Waals surface area contributed by atoms with Crippen LogP contribution < -0.4 is 10.6 Å². The number of thiophene rings is 1. The minimum absolute atomic E-state index is 0.199. The molecule has 0 radical (unpaired) electrons. The second-order valence-electron chi connectivity index (χ2n) is 11.4. The van der Waals surface area contributed by atoms with E-state index in [0.717, 1.165) is 20.9 Å². The molecule has 1 atom stereocenters. The van der Waals surface area contributed by atoms with E-state index in [0.29, 0.717) is 41.2 Å². The van der Waals surface area contributed by atoms with Gasteiger partial charge in [-0.3, -0.25) is 9.59 Å². The molecule has 1 aromatic heterocycles. The summed E-state index contributed by atoms with van der Waals surface area (Å²) in [7, 11) is 0. The fraction of sp³-hybridized carbons (Fsp3) is 0.394. The van der Waals surface area contributed by atoms with Gasteiger partial charge in [0, 0.05) is 27.6 Å². The van der Waals surface area contributed by atoms with Gasteiger partial charge in [-0.2, -0.15) is 0 Å². The average Bonchev–Trinajstić information content (AvgIpc) is 3.32. The van der Waals surface area contributed by atoms with Crippen LogP contribution in [0.15, 0.2) is 53.4 Å². The van der Waals surface area contributed by atoms with Crippen molar-refractivity contribution in [2.45, 2.75) is 76.7 Å². The Morgan fingerprint density at radius 3 is 2.48 bits per heavy atom. The summed E-state index contributed by atoms with van der Waals surface area (Å²) in [5.41, 5.74) is 2.71. The van der Waals surface area contributed by atoms with E-state index in [1.807, 2.05) is 71.0 Å². The first-order chi connectivity index (χ1) is 20.9. The van der Waals surface area contributed by atoms with Gasteiger partial charge < -0.3 is 25.0 Å². The Hall–Kier alpha value is -3.83. The van der Waals surface area contributed by atoms with Crippen molar-refractivity contribution in [3.05, 3.63) is 75.7 Å². The summed E-state index contributed by atoms with van der Waals surface area (Å²) in [4.78, 5) is 55.3. The van der Waals surface area contributed by atoms with Crippen LogP contribution in [0.1, 0.15) is 77.8 Å². The van der Waals surface area contributed by atoms with Gasteiger partial charge in [-0.25, -0.2) is 9.59 Å². The third-order valence-corrected chi connectivity index (χ3v) is 9.23. The minimum atomic E-state index is -0.624. The highest BCUT2D eigenvalue weighted by molar-refractivity contribution is 8.00. The van der Waals surface area contributed by atoms with E-state index >= 15 is 0 Å². The van der Waals surface area contributed by atoms with Gasteiger partial charge in [0.15, 0.2) is 0 Å². The van der Waals surface area contributed by atoms with Gasteiger partial charge in [-0.05, 0) is 83.4 Å². The summed E-state index contributed by atoms with van der Waals surface area (Å²) in [6.45, 7) is 11.9. The maximum Gasteiger partial charge on any atom is 0.410 e. The number of thioether (sulfide) groups is 1. The van der Waals surface area contributed by atoms with E-state index in [4.69, 9.17) is 9.47 Å². The number of hydrogen-bond acceptors (Lipinski definition) is 8. The highest BCUT2D eigenvalue weighted by Gasteiger charge is 2.33. The van der Waals surface area contributed by atoms with Crippen molar-refractivity contribution in [2.24, 2.45) is 0 Å². The third-order valence-electron chi connectivity index (χ3n) is 6.74.